The molecule has 0 aliphatic carbocycles. The molecule has 0 fully saturated rings. The smallest absolute Gasteiger partial charge is 1.00 e. The maximum absolute atomic E-state index is 10.4. The Morgan fingerprint density at radius 3 is 1.57 bits per heavy atom. The number of hydrogen-bond donors (Lipinski definition) is 0. The second-order valence-electron chi connectivity index (χ2n) is 0.470. The molecule has 0 N–H and O–H groups in total. The van der Waals surface area contributed by atoms with Gasteiger partial charge < -0.3 is 4.70 Å². The Labute approximate surface area is 84.5 Å². The number of hydrogen-bond acceptors (Lipinski definition) is 1. The summed E-state index contributed by atoms with van der Waals surface area (Å²) >= 11 is 0. The van der Waals surface area contributed by atoms with Crippen LogP contribution in [-0.2, 0) is 4.79 Å². The van der Waals surface area contributed by atoms with Gasteiger partial charge in [0.15, 0.2) is 0 Å². The van der Waals surface area contributed by atoms with Crippen LogP contribution in [0.2, 0.25) is 0 Å². The van der Waals surface area contributed by atoms with Gasteiger partial charge in [-0.15, -0.1) is 0 Å². The number of halogens is 2. The van der Waals surface area contributed by atoms with E-state index in [1.807, 2.05) is 0 Å². The molecule has 0 atom stereocenters. The molecule has 1 nitrogen and oxygen atoms in total. The van der Waals surface area contributed by atoms with Gasteiger partial charge in [-0.05, 0) is 0 Å². The minimum absolute atomic E-state index is 0. The number of rotatable bonds is 0. The Kier molecular flexibility index (Phi) is 54.2. The van der Waals surface area contributed by atoms with Crippen LogP contribution < -0.4 is 56.1 Å². The first-order valence-electron chi connectivity index (χ1n) is 0.893. The van der Waals surface area contributed by atoms with Crippen molar-refractivity contribution in [3.8, 4) is 0 Å². The van der Waals surface area contributed by atoms with Gasteiger partial charge in [-0.25, -0.2) is 0 Å². The van der Waals surface area contributed by atoms with E-state index < -0.39 is 6.04 Å². The molecule has 0 aliphatic rings. The van der Waals surface area contributed by atoms with Gasteiger partial charge >= 0.3 is 51.4 Å². The zero-order chi connectivity index (χ0) is 3.58. The molecule has 0 aromatic heterocycles. The quantitative estimate of drug-likeness (QED) is 0.241. The molecule has 0 spiro atoms. The first-order valence-corrected chi connectivity index (χ1v) is 0.893. The minimum Gasteiger partial charge on any atom is -1.00 e. The van der Waals surface area contributed by atoms with E-state index in [1.165, 1.54) is 0 Å². The average Bonchev–Trinajstić information content (AvgIpc) is 0.811. The summed E-state index contributed by atoms with van der Waals surface area (Å²) in [5.74, 6) is 0. The van der Waals surface area contributed by atoms with E-state index in [1.54, 1.807) is 0 Å². The van der Waals surface area contributed by atoms with E-state index in [0.29, 0.717) is 0 Å². The van der Waals surface area contributed by atoms with Crippen LogP contribution in [0.5, 0.6) is 0 Å². The minimum atomic E-state index is -1.33. The van der Waals surface area contributed by atoms with Gasteiger partial charge in [0.2, 0.25) is 0 Å². The summed E-state index contributed by atoms with van der Waals surface area (Å²) in [7, 11) is 0. The van der Waals surface area contributed by atoms with Gasteiger partial charge in [0.05, 0.1) is 0 Å². The van der Waals surface area contributed by atoms with Crippen molar-refractivity contribution < 1.29 is 65.3 Å². The van der Waals surface area contributed by atoms with Crippen LogP contribution in [0.1, 0.15) is 14.4 Å². The molecule has 0 aromatic carbocycles. The Morgan fingerprint density at radius 1 is 1.57 bits per heavy atom. The molecule has 0 amide bonds. The topological polar surface area (TPSA) is 17.1 Å². The Bertz CT molecular complexity index is 35.9. The second kappa shape index (κ2) is 15.7. The van der Waals surface area contributed by atoms with E-state index in [-0.39, 0.29) is 63.5 Å². The molecular formula is C3H7F2KO. The molecular weight excluding hydrogens is 129 g/mol. The predicted molar refractivity (Wildman–Crippen MR) is 18.5 cm³/mol. The van der Waals surface area contributed by atoms with E-state index in [0.717, 1.165) is 6.92 Å². The van der Waals surface area contributed by atoms with Gasteiger partial charge in [0.1, 0.15) is 0 Å². The van der Waals surface area contributed by atoms with E-state index in [4.69, 9.17) is 4.79 Å². The second-order valence-corrected chi connectivity index (χ2v) is 0.470. The molecule has 40 valence electrons. The summed E-state index contributed by atoms with van der Waals surface area (Å²) in [5.41, 5.74) is 0. The molecule has 0 aromatic rings. The summed E-state index contributed by atoms with van der Waals surface area (Å²) in [6.45, 7) is 0.861. The van der Waals surface area contributed by atoms with Gasteiger partial charge in [-0.2, -0.15) is 4.39 Å². The van der Waals surface area contributed by atoms with Gasteiger partial charge in [-0.3, -0.25) is 4.79 Å². The van der Waals surface area contributed by atoms with Crippen LogP contribution in [0.25, 0.3) is 0 Å². The SMILES string of the molecule is C.CC(=O)F.[F-].[K+]. The molecule has 0 heterocycles. The molecule has 0 saturated heterocycles. The predicted octanol–water partition coefficient (Wildman–Crippen LogP) is -4.85. The Morgan fingerprint density at radius 2 is 1.57 bits per heavy atom. The van der Waals surface area contributed by atoms with Crippen molar-refractivity contribution in [1.82, 2.24) is 0 Å². The maximum Gasteiger partial charge on any atom is 1.00 e. The van der Waals surface area contributed by atoms with Crippen molar-refractivity contribution >= 4 is 6.04 Å². The molecule has 7 heavy (non-hydrogen) atoms. The summed E-state index contributed by atoms with van der Waals surface area (Å²) < 4.78 is 10.4. The monoisotopic (exact) mass is 136 g/mol. The van der Waals surface area contributed by atoms with E-state index in [2.05, 4.69) is 0 Å². The van der Waals surface area contributed by atoms with Crippen LogP contribution >= 0.6 is 0 Å². The van der Waals surface area contributed by atoms with Gasteiger partial charge in [-0.1, -0.05) is 7.43 Å². The van der Waals surface area contributed by atoms with Gasteiger partial charge in [0, 0.05) is 6.92 Å². The molecule has 0 saturated carbocycles. The summed E-state index contributed by atoms with van der Waals surface area (Å²) in [6, 6.07) is -1.33. The zero-order valence-electron chi connectivity index (χ0n) is 3.66. The fraction of sp³-hybridized carbons (Fsp3) is 0.667. The summed E-state index contributed by atoms with van der Waals surface area (Å²) in [5, 5.41) is 0. The molecule has 0 unspecified atom stereocenters. The van der Waals surface area contributed by atoms with Crippen LogP contribution in [0.3, 0.4) is 0 Å². The fourth-order valence-corrected chi connectivity index (χ4v) is 0. The number of carbonyl (C=O) groups is 1. The van der Waals surface area contributed by atoms with Crippen LogP contribution in [0.15, 0.2) is 0 Å². The third-order valence-corrected chi connectivity index (χ3v) is 0. The summed E-state index contributed by atoms with van der Waals surface area (Å²) in [4.78, 5) is 8.78. The molecule has 0 rings (SSSR count). The van der Waals surface area contributed by atoms with Crippen molar-refractivity contribution in [2.24, 2.45) is 0 Å². The van der Waals surface area contributed by atoms with Crippen LogP contribution in [0.4, 0.5) is 4.39 Å². The molecule has 0 radical (unpaired) electrons. The third-order valence-electron chi connectivity index (χ3n) is 0. The van der Waals surface area contributed by atoms with Crippen LogP contribution in [-0.4, -0.2) is 6.04 Å². The number of carbonyl (C=O) groups excluding carboxylic acids is 1. The Hall–Kier alpha value is 1.17. The molecule has 0 bridgehead atoms. The van der Waals surface area contributed by atoms with Gasteiger partial charge in [0.25, 0.3) is 6.04 Å². The maximum atomic E-state index is 10.4. The van der Waals surface area contributed by atoms with E-state index >= 15 is 0 Å². The Balaban J connectivity index is -0.0000000150. The fourth-order valence-electron chi connectivity index (χ4n) is 0. The normalized spacial score (nSPS) is 3.71. The first-order chi connectivity index (χ1) is 1.73. The van der Waals surface area contributed by atoms with Crippen molar-refractivity contribution in [2.45, 2.75) is 14.4 Å². The zero-order valence-corrected chi connectivity index (χ0v) is 6.79. The largest absolute Gasteiger partial charge is 1.00 e. The van der Waals surface area contributed by atoms with Crippen LogP contribution in [0, 0.1) is 0 Å². The molecule has 0 aliphatic heterocycles. The first kappa shape index (κ1) is 24.2. The van der Waals surface area contributed by atoms with Crippen molar-refractivity contribution in [3.63, 3.8) is 0 Å². The van der Waals surface area contributed by atoms with Crippen molar-refractivity contribution in [2.75, 3.05) is 0 Å². The average molecular weight is 136 g/mol. The summed E-state index contributed by atoms with van der Waals surface area (Å²) in [6.07, 6.45) is 0. The van der Waals surface area contributed by atoms with Crippen molar-refractivity contribution in [3.05, 3.63) is 0 Å². The third kappa shape index (κ3) is 141. The van der Waals surface area contributed by atoms with Crippen molar-refractivity contribution in [1.29, 1.82) is 0 Å². The molecule has 4 heteroatoms. The standard InChI is InChI=1S/C2H3FO.CH4.FH.K/c1-2(3)4;;;/h1H3;1H4;1H;/q;;;+1/p-1. The van der Waals surface area contributed by atoms with E-state index in [9.17, 15) is 4.39 Å².